The van der Waals surface area contributed by atoms with Gasteiger partial charge in [-0.2, -0.15) is 0 Å². The molecule has 1 aromatic carbocycles. The first-order chi connectivity index (χ1) is 8.86. The van der Waals surface area contributed by atoms with Crippen LogP contribution in [0.3, 0.4) is 0 Å². The Balaban J connectivity index is 2.19. The van der Waals surface area contributed by atoms with Gasteiger partial charge in [0.2, 0.25) is 5.09 Å². The summed E-state index contributed by atoms with van der Waals surface area (Å²) in [5.74, 6) is -0.763. The van der Waals surface area contributed by atoms with Gasteiger partial charge in [-0.05, 0) is 30.3 Å². The molecule has 2 rings (SSSR count). The lowest BCUT2D eigenvalue weighted by Gasteiger charge is -2.03. The molecule has 6 nitrogen and oxygen atoms in total. The fourth-order valence-electron chi connectivity index (χ4n) is 1.35. The molecule has 0 fully saturated rings. The molecule has 3 N–H and O–H groups in total. The normalized spacial score (nSPS) is 11.3. The van der Waals surface area contributed by atoms with E-state index in [1.807, 2.05) is 0 Å². The van der Waals surface area contributed by atoms with Crippen LogP contribution < -0.4 is 10.5 Å². The summed E-state index contributed by atoms with van der Waals surface area (Å²) >= 11 is 5.77. The van der Waals surface area contributed by atoms with Gasteiger partial charge in [0, 0.05) is 10.7 Å². The molecule has 0 aliphatic rings. The molecule has 1 heterocycles. The number of nitrogens with one attached hydrogen (secondary N) is 1. The van der Waals surface area contributed by atoms with E-state index in [-0.39, 0.29) is 5.76 Å². The number of hydrogen-bond donors (Lipinski definition) is 2. The number of nitrogens with two attached hydrogens (primary N) is 1. The average molecular weight is 301 g/mol. The Labute approximate surface area is 114 Å². The van der Waals surface area contributed by atoms with Crippen LogP contribution in [0.5, 0.6) is 0 Å². The smallest absolute Gasteiger partial charge is 0.291 e. The van der Waals surface area contributed by atoms with Gasteiger partial charge in [0.1, 0.15) is 0 Å². The Morgan fingerprint density at radius 3 is 2.58 bits per heavy atom. The second kappa shape index (κ2) is 5.04. The Morgan fingerprint density at radius 1 is 1.26 bits per heavy atom. The third-order valence-corrected chi connectivity index (χ3v) is 3.18. The summed E-state index contributed by atoms with van der Waals surface area (Å²) in [4.78, 5) is 11.8. The molecule has 0 aliphatic carbocycles. The molecule has 19 heavy (non-hydrogen) atoms. The molecule has 0 spiro atoms. The number of furan rings is 1. The van der Waals surface area contributed by atoms with Crippen LogP contribution in [0.4, 0.5) is 5.69 Å². The van der Waals surface area contributed by atoms with E-state index in [1.165, 1.54) is 6.07 Å². The van der Waals surface area contributed by atoms with Crippen LogP contribution in [0.1, 0.15) is 10.6 Å². The van der Waals surface area contributed by atoms with Crippen LogP contribution in [0, 0.1) is 0 Å². The van der Waals surface area contributed by atoms with Crippen LogP contribution in [0.25, 0.3) is 0 Å². The maximum absolute atomic E-state index is 11.8. The van der Waals surface area contributed by atoms with E-state index in [1.54, 1.807) is 24.3 Å². The minimum atomic E-state index is -3.96. The van der Waals surface area contributed by atoms with Crippen LogP contribution >= 0.6 is 11.6 Å². The number of primary sulfonamides is 1. The molecule has 0 bridgehead atoms. The second-order valence-electron chi connectivity index (χ2n) is 3.63. The fraction of sp³-hybridized carbons (Fsp3) is 0. The van der Waals surface area contributed by atoms with Crippen LogP contribution in [-0.2, 0) is 10.0 Å². The third-order valence-electron chi connectivity index (χ3n) is 2.17. The molecule has 0 aliphatic heterocycles. The number of benzene rings is 1. The van der Waals surface area contributed by atoms with E-state index in [9.17, 15) is 13.2 Å². The molecule has 0 saturated heterocycles. The van der Waals surface area contributed by atoms with Gasteiger partial charge in [-0.3, -0.25) is 4.79 Å². The average Bonchev–Trinajstić information content (AvgIpc) is 2.77. The first kappa shape index (κ1) is 13.6. The molecule has 0 radical (unpaired) electrons. The molecule has 0 atom stereocenters. The van der Waals surface area contributed by atoms with Crippen molar-refractivity contribution in [2.24, 2.45) is 5.14 Å². The van der Waals surface area contributed by atoms with Crippen LogP contribution in [0.15, 0.2) is 45.9 Å². The predicted molar refractivity (Wildman–Crippen MR) is 69.5 cm³/mol. The molecular formula is C11H9ClN2O4S. The summed E-state index contributed by atoms with van der Waals surface area (Å²) in [5.41, 5.74) is 0.464. The standard InChI is InChI=1S/C11H9ClN2O4S/c12-7-2-1-3-8(6-7)14-11(15)9-4-5-10(18-9)19(13,16)17/h1-6H,(H,14,15)(H2,13,16,17). The first-order valence-electron chi connectivity index (χ1n) is 5.06. The maximum Gasteiger partial charge on any atom is 0.291 e. The number of sulfonamides is 1. The number of halogens is 1. The molecule has 100 valence electrons. The lowest BCUT2D eigenvalue weighted by molar-refractivity contribution is 0.0991. The number of carbonyl (C=O) groups is 1. The predicted octanol–water partition coefficient (Wildman–Crippen LogP) is 1.83. The number of anilines is 1. The monoisotopic (exact) mass is 300 g/mol. The van der Waals surface area contributed by atoms with Gasteiger partial charge in [-0.15, -0.1) is 0 Å². The van der Waals surface area contributed by atoms with Crippen LogP contribution in [-0.4, -0.2) is 14.3 Å². The van der Waals surface area contributed by atoms with Gasteiger partial charge in [0.15, 0.2) is 5.76 Å². The van der Waals surface area contributed by atoms with Gasteiger partial charge in [-0.25, -0.2) is 13.6 Å². The van der Waals surface area contributed by atoms with Gasteiger partial charge in [-0.1, -0.05) is 17.7 Å². The van der Waals surface area contributed by atoms with Gasteiger partial charge in [0.25, 0.3) is 15.9 Å². The molecule has 8 heteroatoms. The zero-order valence-electron chi connectivity index (χ0n) is 9.46. The molecule has 1 amide bonds. The first-order valence-corrected chi connectivity index (χ1v) is 6.98. The molecular weight excluding hydrogens is 292 g/mol. The van der Waals surface area contributed by atoms with Crippen molar-refractivity contribution in [2.45, 2.75) is 5.09 Å². The number of carbonyl (C=O) groups excluding carboxylic acids is 1. The van der Waals surface area contributed by atoms with Crippen molar-refractivity contribution in [3.05, 3.63) is 47.2 Å². The fourth-order valence-corrected chi connectivity index (χ4v) is 2.01. The summed E-state index contributed by atoms with van der Waals surface area (Å²) in [6.07, 6.45) is 0. The highest BCUT2D eigenvalue weighted by atomic mass is 35.5. The van der Waals surface area contributed by atoms with Gasteiger partial charge in [0.05, 0.1) is 0 Å². The van der Waals surface area contributed by atoms with Crippen molar-refractivity contribution < 1.29 is 17.6 Å². The SMILES string of the molecule is NS(=O)(=O)c1ccc(C(=O)Nc2cccc(Cl)c2)o1. The number of hydrogen-bond acceptors (Lipinski definition) is 4. The van der Waals surface area contributed by atoms with Crippen molar-refractivity contribution in [3.63, 3.8) is 0 Å². The van der Waals surface area contributed by atoms with E-state index >= 15 is 0 Å². The van der Waals surface area contributed by atoms with Crippen LogP contribution in [0.2, 0.25) is 5.02 Å². The zero-order valence-corrected chi connectivity index (χ0v) is 11.0. The van der Waals surface area contributed by atoms with Crippen molar-refractivity contribution in [1.29, 1.82) is 0 Å². The Morgan fingerprint density at radius 2 is 2.00 bits per heavy atom. The summed E-state index contributed by atoms with van der Waals surface area (Å²) in [6.45, 7) is 0. The van der Waals surface area contributed by atoms with Gasteiger partial charge < -0.3 is 9.73 Å². The van der Waals surface area contributed by atoms with Gasteiger partial charge >= 0.3 is 0 Å². The summed E-state index contributed by atoms with van der Waals surface area (Å²) in [6, 6.07) is 8.83. The van der Waals surface area contributed by atoms with E-state index in [0.29, 0.717) is 10.7 Å². The molecule has 0 unspecified atom stereocenters. The second-order valence-corrected chi connectivity index (χ2v) is 5.56. The van der Waals surface area contributed by atoms with E-state index < -0.39 is 21.0 Å². The minimum Gasteiger partial charge on any atom is -0.438 e. The van der Waals surface area contributed by atoms with Crippen molar-refractivity contribution in [3.8, 4) is 0 Å². The Hall–Kier alpha value is -1.83. The van der Waals surface area contributed by atoms with E-state index in [0.717, 1.165) is 6.07 Å². The van der Waals surface area contributed by atoms with Crippen molar-refractivity contribution in [1.82, 2.24) is 0 Å². The van der Waals surface area contributed by atoms with Crippen molar-refractivity contribution >= 4 is 33.2 Å². The maximum atomic E-state index is 11.8. The summed E-state index contributed by atoms with van der Waals surface area (Å²) in [5, 5.41) is 7.37. The lowest BCUT2D eigenvalue weighted by Crippen LogP contribution is -2.12. The summed E-state index contributed by atoms with van der Waals surface area (Å²) in [7, 11) is -3.96. The number of rotatable bonds is 3. The van der Waals surface area contributed by atoms with Crippen molar-refractivity contribution in [2.75, 3.05) is 5.32 Å². The highest BCUT2D eigenvalue weighted by Gasteiger charge is 2.17. The quantitative estimate of drug-likeness (QED) is 0.902. The van der Waals surface area contributed by atoms with E-state index in [4.69, 9.17) is 21.2 Å². The van der Waals surface area contributed by atoms with E-state index in [2.05, 4.69) is 5.32 Å². The summed E-state index contributed by atoms with van der Waals surface area (Å²) < 4.78 is 26.9. The number of amides is 1. The topological polar surface area (TPSA) is 102 Å². The highest BCUT2D eigenvalue weighted by molar-refractivity contribution is 7.89. The zero-order chi connectivity index (χ0) is 14.0. The Kier molecular flexibility index (Phi) is 3.61. The third kappa shape index (κ3) is 3.34. The Bertz CT molecular complexity index is 724. The highest BCUT2D eigenvalue weighted by Crippen LogP contribution is 2.17. The molecule has 2 aromatic rings. The lowest BCUT2D eigenvalue weighted by atomic mass is 10.3. The largest absolute Gasteiger partial charge is 0.438 e. The minimum absolute atomic E-state index is 0.163. The molecule has 1 aromatic heterocycles. The molecule has 0 saturated carbocycles.